The molecule has 0 bridgehead atoms. The highest BCUT2D eigenvalue weighted by molar-refractivity contribution is 7.89. The van der Waals surface area contributed by atoms with Gasteiger partial charge in [0.15, 0.2) is 0 Å². The Labute approximate surface area is 176 Å². The van der Waals surface area contributed by atoms with Gasteiger partial charge in [-0.2, -0.15) is 4.31 Å². The molecule has 2 heterocycles. The fourth-order valence-electron chi connectivity index (χ4n) is 3.17. The third-order valence-corrected chi connectivity index (χ3v) is 6.59. The molecule has 0 spiro atoms. The first-order chi connectivity index (χ1) is 14.3. The van der Waals surface area contributed by atoms with Crippen LogP contribution in [-0.4, -0.2) is 68.0 Å². The van der Waals surface area contributed by atoms with Gasteiger partial charge in [-0.3, -0.25) is 9.59 Å². The zero-order chi connectivity index (χ0) is 21.6. The van der Waals surface area contributed by atoms with E-state index in [1.807, 2.05) is 18.2 Å². The van der Waals surface area contributed by atoms with E-state index in [0.717, 1.165) is 5.82 Å². The monoisotopic (exact) mass is 431 g/mol. The van der Waals surface area contributed by atoms with Gasteiger partial charge in [-0.15, -0.1) is 0 Å². The maximum absolute atomic E-state index is 12.6. The summed E-state index contributed by atoms with van der Waals surface area (Å²) >= 11 is 0. The molecule has 3 rings (SSSR count). The number of aromatic nitrogens is 1. The number of sulfonamides is 1. The van der Waals surface area contributed by atoms with Crippen molar-refractivity contribution in [3.05, 3.63) is 54.2 Å². The lowest BCUT2D eigenvalue weighted by Crippen LogP contribution is -2.50. The number of hydrogen-bond donors (Lipinski definition) is 2. The second-order valence-electron chi connectivity index (χ2n) is 6.90. The lowest BCUT2D eigenvalue weighted by atomic mass is 10.2. The number of pyridine rings is 1. The van der Waals surface area contributed by atoms with Gasteiger partial charge in [0.1, 0.15) is 5.82 Å². The quantitative estimate of drug-likeness (QED) is 0.674. The maximum atomic E-state index is 12.6. The van der Waals surface area contributed by atoms with Gasteiger partial charge in [0.25, 0.3) is 5.91 Å². The molecule has 1 saturated heterocycles. The number of amides is 2. The van der Waals surface area contributed by atoms with E-state index in [1.165, 1.54) is 11.2 Å². The molecule has 1 aliphatic rings. The summed E-state index contributed by atoms with van der Waals surface area (Å²) in [4.78, 5) is 29.6. The number of nitrogens with one attached hydrogen (secondary N) is 2. The molecular weight excluding hydrogens is 406 g/mol. The Morgan fingerprint density at radius 1 is 1.03 bits per heavy atom. The van der Waals surface area contributed by atoms with Crippen LogP contribution in [0.15, 0.2) is 48.7 Å². The average molecular weight is 432 g/mol. The number of carbonyl (C=O) groups is 2. The Morgan fingerprint density at radius 2 is 1.73 bits per heavy atom. The van der Waals surface area contributed by atoms with Gasteiger partial charge in [-0.25, -0.2) is 13.4 Å². The molecular formula is C20H25N5O4S. The summed E-state index contributed by atoms with van der Waals surface area (Å²) in [6, 6.07) is 12.0. The molecule has 1 aromatic carbocycles. The van der Waals surface area contributed by atoms with Crippen molar-refractivity contribution in [1.29, 1.82) is 0 Å². The third-order valence-electron chi connectivity index (χ3n) is 4.72. The molecule has 0 aliphatic carbocycles. The van der Waals surface area contributed by atoms with Crippen LogP contribution in [0.25, 0.3) is 0 Å². The molecule has 10 heteroatoms. The van der Waals surface area contributed by atoms with Crippen molar-refractivity contribution in [3.63, 3.8) is 0 Å². The number of hydrogen-bond acceptors (Lipinski definition) is 6. The van der Waals surface area contributed by atoms with Crippen LogP contribution in [0.2, 0.25) is 0 Å². The SMILES string of the molecule is CC(=O)Nc1ccc(C(=O)NCCS(=O)(=O)N2CCN(c3ccccn3)CC2)cc1. The molecule has 9 nitrogen and oxygen atoms in total. The summed E-state index contributed by atoms with van der Waals surface area (Å²) in [6.45, 7) is 3.34. The molecule has 30 heavy (non-hydrogen) atoms. The highest BCUT2D eigenvalue weighted by Crippen LogP contribution is 2.15. The summed E-state index contributed by atoms with van der Waals surface area (Å²) in [5, 5.41) is 5.26. The first-order valence-electron chi connectivity index (χ1n) is 9.65. The Morgan fingerprint density at radius 3 is 2.33 bits per heavy atom. The molecule has 1 aliphatic heterocycles. The highest BCUT2D eigenvalue weighted by Gasteiger charge is 2.27. The Hall–Kier alpha value is -2.98. The van der Waals surface area contributed by atoms with Crippen molar-refractivity contribution in [3.8, 4) is 0 Å². The van der Waals surface area contributed by atoms with Crippen LogP contribution in [0, 0.1) is 0 Å². The van der Waals surface area contributed by atoms with Crippen molar-refractivity contribution in [2.75, 3.05) is 48.7 Å². The number of benzene rings is 1. The van der Waals surface area contributed by atoms with Gasteiger partial charge in [-0.1, -0.05) is 6.07 Å². The predicted molar refractivity (Wildman–Crippen MR) is 115 cm³/mol. The molecule has 2 amide bonds. The van der Waals surface area contributed by atoms with E-state index < -0.39 is 10.0 Å². The minimum Gasteiger partial charge on any atom is -0.354 e. The number of rotatable bonds is 7. The summed E-state index contributed by atoms with van der Waals surface area (Å²) < 4.78 is 26.6. The molecule has 0 atom stereocenters. The summed E-state index contributed by atoms with van der Waals surface area (Å²) in [5.74, 6) is 0.121. The molecule has 1 fully saturated rings. The summed E-state index contributed by atoms with van der Waals surface area (Å²) in [7, 11) is -3.46. The highest BCUT2D eigenvalue weighted by atomic mass is 32.2. The van der Waals surface area contributed by atoms with Crippen LogP contribution >= 0.6 is 0 Å². The Bertz CT molecular complexity index is 972. The summed E-state index contributed by atoms with van der Waals surface area (Å²) in [6.07, 6.45) is 1.72. The standard InChI is InChI=1S/C20H25N5O4S/c1-16(26)23-18-7-5-17(6-8-18)20(27)22-10-15-30(28,29)25-13-11-24(12-14-25)19-4-2-3-9-21-19/h2-9H,10-15H2,1H3,(H,22,27)(H,23,26). The van der Waals surface area contributed by atoms with Crippen LogP contribution in [0.3, 0.4) is 0 Å². The van der Waals surface area contributed by atoms with Gasteiger partial charge in [0.2, 0.25) is 15.9 Å². The van der Waals surface area contributed by atoms with E-state index >= 15 is 0 Å². The predicted octanol–water partition coefficient (Wildman–Crippen LogP) is 0.922. The fraction of sp³-hybridized carbons (Fsp3) is 0.350. The van der Waals surface area contributed by atoms with Crippen molar-refractivity contribution >= 4 is 33.3 Å². The van der Waals surface area contributed by atoms with Gasteiger partial charge >= 0.3 is 0 Å². The molecule has 0 radical (unpaired) electrons. The van der Waals surface area contributed by atoms with Crippen LogP contribution in [0.5, 0.6) is 0 Å². The van der Waals surface area contributed by atoms with Crippen LogP contribution in [0.1, 0.15) is 17.3 Å². The topological polar surface area (TPSA) is 112 Å². The first-order valence-corrected chi connectivity index (χ1v) is 11.3. The number of anilines is 2. The third kappa shape index (κ3) is 5.77. The minimum atomic E-state index is -3.46. The van der Waals surface area contributed by atoms with E-state index in [1.54, 1.807) is 30.5 Å². The average Bonchev–Trinajstić information content (AvgIpc) is 2.74. The fourth-order valence-corrected chi connectivity index (χ4v) is 4.51. The normalized spacial score (nSPS) is 14.9. The minimum absolute atomic E-state index is 0.0229. The van der Waals surface area contributed by atoms with E-state index in [9.17, 15) is 18.0 Å². The van der Waals surface area contributed by atoms with Gasteiger partial charge in [0.05, 0.1) is 5.75 Å². The van der Waals surface area contributed by atoms with Crippen molar-refractivity contribution < 1.29 is 18.0 Å². The van der Waals surface area contributed by atoms with Gasteiger partial charge < -0.3 is 15.5 Å². The second-order valence-corrected chi connectivity index (χ2v) is 8.99. The second kappa shape index (κ2) is 9.68. The zero-order valence-electron chi connectivity index (χ0n) is 16.7. The van der Waals surface area contributed by atoms with Crippen molar-refractivity contribution in [2.45, 2.75) is 6.92 Å². The lowest BCUT2D eigenvalue weighted by molar-refractivity contribution is -0.114. The molecule has 0 unspecified atom stereocenters. The molecule has 160 valence electrons. The molecule has 2 N–H and O–H groups in total. The lowest BCUT2D eigenvalue weighted by Gasteiger charge is -2.34. The number of piperazine rings is 1. The maximum Gasteiger partial charge on any atom is 0.251 e. The molecule has 0 saturated carbocycles. The van der Waals surface area contributed by atoms with Crippen LogP contribution < -0.4 is 15.5 Å². The Balaban J connectivity index is 1.46. The zero-order valence-corrected chi connectivity index (χ0v) is 17.6. The number of carbonyl (C=O) groups excluding carboxylic acids is 2. The van der Waals surface area contributed by atoms with E-state index in [-0.39, 0.29) is 24.1 Å². The molecule has 1 aromatic heterocycles. The van der Waals surface area contributed by atoms with E-state index in [0.29, 0.717) is 37.4 Å². The van der Waals surface area contributed by atoms with Crippen molar-refractivity contribution in [1.82, 2.24) is 14.6 Å². The largest absolute Gasteiger partial charge is 0.354 e. The Kier molecular flexibility index (Phi) is 7.01. The van der Waals surface area contributed by atoms with Gasteiger partial charge in [-0.05, 0) is 36.4 Å². The van der Waals surface area contributed by atoms with Crippen molar-refractivity contribution in [2.24, 2.45) is 0 Å². The van der Waals surface area contributed by atoms with Crippen LogP contribution in [0.4, 0.5) is 11.5 Å². The van der Waals surface area contributed by atoms with Crippen LogP contribution in [-0.2, 0) is 14.8 Å². The number of nitrogens with zero attached hydrogens (tertiary/aromatic N) is 3. The van der Waals surface area contributed by atoms with E-state index in [2.05, 4.69) is 20.5 Å². The smallest absolute Gasteiger partial charge is 0.251 e. The van der Waals surface area contributed by atoms with Gasteiger partial charge in [0, 0.05) is 57.1 Å². The molecule has 2 aromatic rings. The van der Waals surface area contributed by atoms with E-state index in [4.69, 9.17) is 0 Å². The first kappa shape index (κ1) is 21.7. The summed E-state index contributed by atoms with van der Waals surface area (Å²) in [5.41, 5.74) is 0.983.